The van der Waals surface area contributed by atoms with E-state index >= 15 is 0 Å². The Hall–Kier alpha value is -6.23. The molecule has 0 spiro atoms. The largest absolute Gasteiger partial charge is 0.454 e. The highest BCUT2D eigenvalue weighted by atomic mass is 32.3. The summed E-state index contributed by atoms with van der Waals surface area (Å²) in [6.45, 7) is 0. The SMILES string of the molecule is c1ccc(-c2cccc(-c3cc(-c4ccccc4)nc(-c4cccc5c4Oc4ccccc4S5(c4ccccc4)c4ccccc4)n3)c2)cc1. The third-order valence-corrected chi connectivity index (χ3v) is 13.1. The van der Waals surface area contributed by atoms with Gasteiger partial charge in [-0.15, -0.1) is 10.0 Å². The molecule has 3 nitrogen and oxygen atoms in total. The number of nitrogens with zero attached hydrogens (tertiary/aromatic N) is 2. The van der Waals surface area contributed by atoms with Crippen molar-refractivity contribution in [2.24, 2.45) is 0 Å². The second-order valence-corrected chi connectivity index (χ2v) is 15.2. The van der Waals surface area contributed by atoms with Gasteiger partial charge in [0.15, 0.2) is 11.6 Å². The Morgan fingerprint density at radius 1 is 0.380 bits per heavy atom. The van der Waals surface area contributed by atoms with Crippen LogP contribution in [0.3, 0.4) is 0 Å². The predicted molar refractivity (Wildman–Crippen MR) is 204 cm³/mol. The fraction of sp³-hybridized carbons (Fsp3) is 0. The number of rotatable bonds is 6. The summed E-state index contributed by atoms with van der Waals surface area (Å²) in [5.41, 5.74) is 6.93. The van der Waals surface area contributed by atoms with Gasteiger partial charge in [0.25, 0.3) is 0 Å². The highest BCUT2D eigenvalue weighted by Crippen LogP contribution is 2.79. The van der Waals surface area contributed by atoms with E-state index < -0.39 is 10.0 Å². The Balaban J connectivity index is 1.31. The minimum absolute atomic E-state index is 0.622. The van der Waals surface area contributed by atoms with Crippen LogP contribution in [0.5, 0.6) is 11.5 Å². The normalized spacial score (nSPS) is 13.4. The molecule has 0 bridgehead atoms. The molecule has 1 aliphatic heterocycles. The van der Waals surface area contributed by atoms with Crippen LogP contribution in [-0.4, -0.2) is 9.97 Å². The molecule has 0 fully saturated rings. The third kappa shape index (κ3) is 5.09. The summed E-state index contributed by atoms with van der Waals surface area (Å²) >= 11 is 0. The van der Waals surface area contributed by atoms with Gasteiger partial charge in [-0.3, -0.25) is 0 Å². The van der Waals surface area contributed by atoms with Gasteiger partial charge in [0.2, 0.25) is 0 Å². The van der Waals surface area contributed by atoms with Crippen molar-refractivity contribution in [1.82, 2.24) is 9.97 Å². The predicted octanol–water partition coefficient (Wildman–Crippen LogP) is 12.6. The van der Waals surface area contributed by atoms with Crippen LogP contribution >= 0.6 is 10.0 Å². The maximum Gasteiger partial charge on any atom is 0.164 e. The van der Waals surface area contributed by atoms with Crippen LogP contribution in [0.15, 0.2) is 214 Å². The Morgan fingerprint density at radius 2 is 0.880 bits per heavy atom. The van der Waals surface area contributed by atoms with Crippen LogP contribution in [0.4, 0.5) is 0 Å². The van der Waals surface area contributed by atoms with E-state index in [0.29, 0.717) is 5.82 Å². The minimum Gasteiger partial charge on any atom is -0.454 e. The molecule has 0 unspecified atom stereocenters. The summed E-state index contributed by atoms with van der Waals surface area (Å²) in [4.78, 5) is 15.4. The number of aromatic nitrogens is 2. The number of hydrogen-bond donors (Lipinski definition) is 0. The van der Waals surface area contributed by atoms with Gasteiger partial charge < -0.3 is 4.74 Å². The summed E-state index contributed by atoms with van der Waals surface area (Å²) in [6, 6.07) is 68.2. The second kappa shape index (κ2) is 12.7. The zero-order chi connectivity index (χ0) is 33.3. The number of para-hydroxylation sites is 2. The summed E-state index contributed by atoms with van der Waals surface area (Å²) in [5, 5.41) is 0. The Kier molecular flexibility index (Phi) is 7.57. The molecule has 1 aliphatic rings. The molecule has 0 N–H and O–H groups in total. The van der Waals surface area contributed by atoms with E-state index in [1.54, 1.807) is 0 Å². The van der Waals surface area contributed by atoms with E-state index in [0.717, 1.165) is 55.6 Å². The average molecular weight is 661 g/mol. The number of fused-ring (bicyclic) bond motifs is 2. The molecule has 9 rings (SSSR count). The van der Waals surface area contributed by atoms with Gasteiger partial charge in [-0.1, -0.05) is 133 Å². The molecule has 8 aromatic rings. The molecule has 2 heterocycles. The van der Waals surface area contributed by atoms with Crippen molar-refractivity contribution in [2.75, 3.05) is 0 Å². The lowest BCUT2D eigenvalue weighted by Crippen LogP contribution is -2.12. The van der Waals surface area contributed by atoms with Crippen molar-refractivity contribution in [3.05, 3.63) is 194 Å². The van der Waals surface area contributed by atoms with Crippen LogP contribution in [0.1, 0.15) is 0 Å². The summed E-state index contributed by atoms with van der Waals surface area (Å²) in [5.74, 6) is 2.27. The van der Waals surface area contributed by atoms with Crippen molar-refractivity contribution in [1.29, 1.82) is 0 Å². The molecule has 0 atom stereocenters. The standard InChI is InChI=1S/C46H32N2OS/c1-5-17-33(18-6-1)35-21-15-22-36(31-35)41-32-40(34-19-7-2-8-20-34)47-46(48-41)39-27-16-30-44-45(39)49-42-28-13-14-29-43(42)50(44,37-23-9-3-10-24-37)38-25-11-4-12-26-38/h1-32H. The van der Waals surface area contributed by atoms with E-state index in [4.69, 9.17) is 14.7 Å². The first kappa shape index (κ1) is 29.9. The fourth-order valence-corrected chi connectivity index (χ4v) is 11.0. The second-order valence-electron chi connectivity index (χ2n) is 12.2. The first-order chi connectivity index (χ1) is 24.8. The van der Waals surface area contributed by atoms with Gasteiger partial charge in [0, 0.05) is 30.7 Å². The summed E-state index contributed by atoms with van der Waals surface area (Å²) in [6.07, 6.45) is 0. The summed E-state index contributed by atoms with van der Waals surface area (Å²) in [7, 11) is -1.95. The van der Waals surface area contributed by atoms with Crippen molar-refractivity contribution >= 4 is 10.0 Å². The zero-order valence-corrected chi connectivity index (χ0v) is 28.0. The molecule has 0 saturated carbocycles. The number of hydrogen-bond acceptors (Lipinski definition) is 3. The van der Waals surface area contributed by atoms with E-state index in [9.17, 15) is 0 Å². The molecule has 238 valence electrons. The van der Waals surface area contributed by atoms with Crippen molar-refractivity contribution in [3.8, 4) is 56.5 Å². The van der Waals surface area contributed by atoms with Gasteiger partial charge in [-0.05, 0) is 71.8 Å². The summed E-state index contributed by atoms with van der Waals surface area (Å²) < 4.78 is 6.97. The van der Waals surface area contributed by atoms with Gasteiger partial charge in [0.05, 0.1) is 17.0 Å². The molecular weight excluding hydrogens is 629 g/mol. The minimum atomic E-state index is -1.95. The number of benzene rings is 7. The first-order valence-corrected chi connectivity index (χ1v) is 18.4. The van der Waals surface area contributed by atoms with Crippen LogP contribution in [0, 0.1) is 0 Å². The molecule has 0 saturated heterocycles. The topological polar surface area (TPSA) is 35.0 Å². The highest BCUT2D eigenvalue weighted by Gasteiger charge is 2.42. The smallest absolute Gasteiger partial charge is 0.164 e. The van der Waals surface area contributed by atoms with E-state index in [2.05, 4.69) is 182 Å². The Labute approximate surface area is 293 Å². The number of ether oxygens (including phenoxy) is 1. The van der Waals surface area contributed by atoms with Gasteiger partial charge >= 0.3 is 0 Å². The zero-order valence-electron chi connectivity index (χ0n) is 27.2. The molecule has 7 aromatic carbocycles. The molecule has 50 heavy (non-hydrogen) atoms. The quantitative estimate of drug-likeness (QED) is 0.178. The Morgan fingerprint density at radius 3 is 1.56 bits per heavy atom. The van der Waals surface area contributed by atoms with Crippen molar-refractivity contribution < 1.29 is 4.74 Å². The van der Waals surface area contributed by atoms with E-state index in [1.165, 1.54) is 14.7 Å². The Bertz CT molecular complexity index is 2410. The highest BCUT2D eigenvalue weighted by molar-refractivity contribution is 8.34. The van der Waals surface area contributed by atoms with Crippen LogP contribution < -0.4 is 4.74 Å². The van der Waals surface area contributed by atoms with E-state index in [1.807, 2.05) is 12.1 Å². The van der Waals surface area contributed by atoms with Gasteiger partial charge in [-0.2, -0.15) is 0 Å². The molecule has 0 aliphatic carbocycles. The maximum absolute atomic E-state index is 6.97. The lowest BCUT2D eigenvalue weighted by molar-refractivity contribution is 0.453. The molecule has 0 radical (unpaired) electrons. The van der Waals surface area contributed by atoms with Crippen molar-refractivity contribution in [3.63, 3.8) is 0 Å². The van der Waals surface area contributed by atoms with Crippen LogP contribution in [0.25, 0.3) is 45.0 Å². The molecule has 4 heteroatoms. The molecule has 0 amide bonds. The van der Waals surface area contributed by atoms with Gasteiger partial charge in [-0.25, -0.2) is 9.97 Å². The molecule has 1 aromatic heterocycles. The fourth-order valence-electron chi connectivity index (χ4n) is 6.91. The van der Waals surface area contributed by atoms with Crippen molar-refractivity contribution in [2.45, 2.75) is 19.6 Å². The lowest BCUT2D eigenvalue weighted by Gasteiger charge is -2.46. The molecular formula is C46H32N2OS. The third-order valence-electron chi connectivity index (χ3n) is 9.20. The van der Waals surface area contributed by atoms with E-state index in [-0.39, 0.29) is 0 Å². The van der Waals surface area contributed by atoms with Crippen LogP contribution in [-0.2, 0) is 0 Å². The maximum atomic E-state index is 6.97. The van der Waals surface area contributed by atoms with Crippen LogP contribution in [0.2, 0.25) is 0 Å². The average Bonchev–Trinajstić information content (AvgIpc) is 3.21. The monoisotopic (exact) mass is 660 g/mol. The lowest BCUT2D eigenvalue weighted by atomic mass is 10.0. The van der Waals surface area contributed by atoms with Gasteiger partial charge in [0.1, 0.15) is 5.75 Å². The first-order valence-electron chi connectivity index (χ1n) is 16.7.